The maximum absolute atomic E-state index is 5.31. The van der Waals surface area contributed by atoms with Gasteiger partial charge in [-0.3, -0.25) is 14.5 Å². The summed E-state index contributed by atoms with van der Waals surface area (Å²) in [6.07, 6.45) is 4.53. The first-order valence-electron chi connectivity index (χ1n) is 40.1. The van der Waals surface area contributed by atoms with E-state index >= 15 is 0 Å². The lowest BCUT2D eigenvalue weighted by atomic mass is 9.90. The predicted molar refractivity (Wildman–Crippen MR) is 500 cm³/mol. The number of pyridine rings is 5. The molecule has 24 aromatic rings. The average molecular weight is 1620 g/mol. The van der Waals surface area contributed by atoms with E-state index in [1.165, 1.54) is 35.2 Å². The zero-order valence-corrected chi connectivity index (χ0v) is 67.7. The number of rotatable bonds is 12. The molecule has 574 valence electrons. The van der Waals surface area contributed by atoms with Crippen LogP contribution in [-0.2, 0) is 6.42 Å². The highest BCUT2D eigenvalue weighted by molar-refractivity contribution is 7.00. The summed E-state index contributed by atoms with van der Waals surface area (Å²) in [4.78, 5) is 40.1. The van der Waals surface area contributed by atoms with Crippen LogP contribution in [0, 0.1) is 0 Å². The third-order valence-corrected chi connectivity index (χ3v) is 24.0. The van der Waals surface area contributed by atoms with E-state index in [1.807, 2.05) is 121 Å². The van der Waals surface area contributed by atoms with E-state index in [2.05, 4.69) is 253 Å². The molecule has 15 nitrogen and oxygen atoms in total. The molecule has 10 heterocycles. The van der Waals surface area contributed by atoms with Gasteiger partial charge in [-0.15, -0.1) is 0 Å². The summed E-state index contributed by atoms with van der Waals surface area (Å²) >= 11 is 3.73. The lowest BCUT2D eigenvalue weighted by Crippen LogP contribution is -2.02. The molecule has 18 heteroatoms. The zero-order valence-electron chi connectivity index (χ0n) is 65.3. The number of aromatic nitrogens is 15. The molecule has 0 bridgehead atoms. The molecule has 122 heavy (non-hydrogen) atoms. The Morgan fingerprint density at radius 1 is 0.262 bits per heavy atom. The van der Waals surface area contributed by atoms with E-state index in [4.69, 9.17) is 61.1 Å². The fraction of sp³-hybridized carbons (Fsp3) is 0.0192. The second-order valence-corrected chi connectivity index (χ2v) is 31.2. The maximum Gasteiger partial charge on any atom is 0.160 e. The second kappa shape index (κ2) is 31.4. The number of fused-ring (bicyclic) bond motifs is 16. The van der Waals surface area contributed by atoms with Gasteiger partial charge >= 0.3 is 0 Å². The molecule has 10 aromatic heterocycles. The number of hydrogen-bond acceptors (Lipinski definition) is 17. The lowest BCUT2D eigenvalue weighted by molar-refractivity contribution is 0.908. The van der Waals surface area contributed by atoms with Gasteiger partial charge in [0.2, 0.25) is 0 Å². The van der Waals surface area contributed by atoms with Gasteiger partial charge in [-0.1, -0.05) is 280 Å². The van der Waals surface area contributed by atoms with Gasteiger partial charge < -0.3 is 0 Å². The first-order valence-corrected chi connectivity index (χ1v) is 42.3. The second-order valence-electron chi connectivity index (χ2n) is 29.6. The summed E-state index contributed by atoms with van der Waals surface area (Å²) in [5.41, 5.74) is 29.6. The van der Waals surface area contributed by atoms with Crippen molar-refractivity contribution in [1.82, 2.24) is 70.7 Å². The number of para-hydroxylation sites is 5. The summed E-state index contributed by atoms with van der Waals surface area (Å²) in [6, 6.07) is 120. The maximum atomic E-state index is 5.31. The molecule has 24 rings (SSSR count). The van der Waals surface area contributed by atoms with Crippen molar-refractivity contribution in [3.63, 3.8) is 0 Å². The van der Waals surface area contributed by atoms with E-state index in [-0.39, 0.29) is 0 Å². The summed E-state index contributed by atoms with van der Waals surface area (Å²) < 4.78 is 31.2. The Balaban J connectivity index is 0.000000111. The summed E-state index contributed by atoms with van der Waals surface area (Å²) in [7, 11) is 0. The van der Waals surface area contributed by atoms with Crippen LogP contribution in [0.1, 0.15) is 12.7 Å². The first-order chi connectivity index (χ1) is 60.5. The molecule has 0 aliphatic heterocycles. The molecule has 0 saturated carbocycles. The van der Waals surface area contributed by atoms with Crippen LogP contribution < -0.4 is 0 Å². The molecular formula is C104H65N15S3. The van der Waals surface area contributed by atoms with Crippen LogP contribution in [0.5, 0.6) is 0 Å². The summed E-state index contributed by atoms with van der Waals surface area (Å²) in [6.45, 7) is 2.15. The Kier molecular flexibility index (Phi) is 18.7. The Labute approximate surface area is 711 Å². The molecule has 0 fully saturated rings. The van der Waals surface area contributed by atoms with Crippen molar-refractivity contribution in [2.24, 2.45) is 0 Å². The molecule has 0 spiro atoms. The van der Waals surface area contributed by atoms with Crippen molar-refractivity contribution in [3.05, 3.63) is 370 Å². The number of nitrogens with zero attached hydrogens (tertiary/aromatic N) is 15. The zero-order chi connectivity index (χ0) is 81.0. The van der Waals surface area contributed by atoms with Crippen LogP contribution >= 0.6 is 35.2 Å². The van der Waals surface area contributed by atoms with Crippen molar-refractivity contribution in [3.8, 4) is 118 Å². The molecule has 0 unspecified atom stereocenters. The normalized spacial score (nSPS) is 11.5. The van der Waals surface area contributed by atoms with Gasteiger partial charge in [0.1, 0.15) is 38.9 Å². The number of aryl methyl sites for hydroxylation is 1. The quantitative estimate of drug-likeness (QED) is 0.105. The highest BCUT2D eigenvalue weighted by Crippen LogP contribution is 2.49. The monoisotopic (exact) mass is 1620 g/mol. The van der Waals surface area contributed by atoms with Crippen molar-refractivity contribution >= 4 is 144 Å². The summed E-state index contributed by atoms with van der Waals surface area (Å²) in [5, 5.41) is 9.60. The third-order valence-electron chi connectivity index (χ3n) is 22.4. The van der Waals surface area contributed by atoms with Crippen molar-refractivity contribution in [1.29, 1.82) is 0 Å². The smallest absolute Gasteiger partial charge is 0.160 e. The number of hydrogen-bond donors (Lipinski definition) is 0. The minimum atomic E-state index is 0.665. The fourth-order valence-electron chi connectivity index (χ4n) is 16.8. The predicted octanol–water partition coefficient (Wildman–Crippen LogP) is 26.3. The van der Waals surface area contributed by atoms with Gasteiger partial charge in [-0.25, -0.2) is 29.9 Å². The fourth-order valence-corrected chi connectivity index (χ4v) is 18.5. The Morgan fingerprint density at radius 3 is 1.05 bits per heavy atom. The standard InChI is InChI=1S/C41H25N5S.C34H23N5S.C29H17N5S/c1-5-15-26(16-6-1)36-31-25-32(39-40(46-47-45-39)34(31)30-23-13-14-24-33(30)42-36)35-37(27-17-7-2-8-18-27)43-41(29-21-11-4-12-22-29)44-38(35)28-19-9-3-10-20-28;1-2-30-35-28-14-8-9-15-29(28)39(30)23-18-16-21(17-19-23)25-20-26-31(34-33(25)37-40-38-34)24-12-6-7-13-27(24)36-32(26)22-10-4-3-5-11-22;1-2-8-18(9-3-1)27-22-16-21(19-13-14-25(31-17-19)24-12-6-7-15-30-24)28-29(34-35-33-28)26(22)20-10-4-5-11-23(20)32-27/h1-25H;3-20H,2H2,1H3;1-17H. The van der Waals surface area contributed by atoms with Crippen LogP contribution in [0.3, 0.4) is 0 Å². The van der Waals surface area contributed by atoms with E-state index in [1.54, 1.807) is 6.20 Å². The molecular weight excluding hydrogens is 1560 g/mol. The SMILES string of the molecule is CCc1nc2ccccc2n1-c1ccc(-c2cc3c(-c4ccccc4)nc4ccccc4c3c3nsnc23)cc1.c1ccc(-c2nc(-c3ccccc3)c(-c3cc4c(-c5ccccc5)nc5ccccc5c4c4nsnc34)c(-c3ccccc3)n2)cc1.c1ccc(-c2nc3ccccc3c3c2cc(-c2ccc(-c4ccccn4)nc2)c2nsnc23)cc1. The third kappa shape index (κ3) is 13.1. The van der Waals surface area contributed by atoms with Gasteiger partial charge in [0, 0.05) is 134 Å². The molecule has 14 aromatic carbocycles. The van der Waals surface area contributed by atoms with E-state index in [9.17, 15) is 0 Å². The Hall–Kier alpha value is -15.6. The molecule has 0 atom stereocenters. The lowest BCUT2D eigenvalue weighted by Gasteiger charge is -2.18. The van der Waals surface area contributed by atoms with E-state index in [0.717, 1.165) is 234 Å². The molecule has 0 aliphatic rings. The average Bonchev–Trinajstić information content (AvgIpc) is 1.30. The molecule has 0 aliphatic carbocycles. The Morgan fingerprint density at radius 2 is 0.623 bits per heavy atom. The summed E-state index contributed by atoms with van der Waals surface area (Å²) in [5.74, 6) is 1.72. The molecule has 0 amide bonds. The van der Waals surface area contributed by atoms with E-state index < -0.39 is 0 Å². The highest BCUT2D eigenvalue weighted by atomic mass is 32.1. The minimum Gasteiger partial charge on any atom is -0.296 e. The van der Waals surface area contributed by atoms with Crippen LogP contribution in [0.2, 0.25) is 0 Å². The largest absolute Gasteiger partial charge is 0.296 e. The van der Waals surface area contributed by atoms with Crippen LogP contribution in [0.15, 0.2) is 364 Å². The van der Waals surface area contributed by atoms with Crippen LogP contribution in [0.4, 0.5) is 0 Å². The minimum absolute atomic E-state index is 0.665. The van der Waals surface area contributed by atoms with Gasteiger partial charge in [-0.2, -0.15) is 26.2 Å². The van der Waals surface area contributed by atoms with E-state index in [0.29, 0.717) is 5.82 Å². The molecule has 0 saturated heterocycles. The van der Waals surface area contributed by atoms with Gasteiger partial charge in [0.25, 0.3) is 0 Å². The topological polar surface area (TPSA) is 185 Å². The number of imidazole rings is 1. The van der Waals surface area contributed by atoms with Gasteiger partial charge in [-0.05, 0) is 84.4 Å². The van der Waals surface area contributed by atoms with Crippen molar-refractivity contribution < 1.29 is 0 Å². The van der Waals surface area contributed by atoms with Crippen LogP contribution in [-0.4, -0.2) is 70.7 Å². The van der Waals surface area contributed by atoms with Gasteiger partial charge in [0.05, 0.1) is 103 Å². The van der Waals surface area contributed by atoms with Crippen LogP contribution in [0.25, 0.3) is 227 Å². The van der Waals surface area contributed by atoms with Gasteiger partial charge in [0.15, 0.2) is 5.82 Å². The highest BCUT2D eigenvalue weighted by Gasteiger charge is 2.28. The Bertz CT molecular complexity index is 8020. The molecule has 0 N–H and O–H groups in total. The number of benzene rings is 14. The van der Waals surface area contributed by atoms with Crippen molar-refractivity contribution in [2.75, 3.05) is 0 Å². The first kappa shape index (κ1) is 72.8. The molecule has 0 radical (unpaired) electrons. The van der Waals surface area contributed by atoms with Crippen molar-refractivity contribution in [2.45, 2.75) is 13.3 Å².